The Hall–Kier alpha value is -2.33. The van der Waals surface area contributed by atoms with Crippen molar-refractivity contribution in [1.82, 2.24) is 4.90 Å². The Kier molecular flexibility index (Phi) is 4.93. The molecule has 4 nitrogen and oxygen atoms in total. The largest absolute Gasteiger partial charge is 0.483 e. The molecule has 0 unspecified atom stereocenters. The number of hydrogen-bond donors (Lipinski definition) is 1. The Morgan fingerprint density at radius 2 is 1.87 bits per heavy atom. The molecule has 0 spiro atoms. The van der Waals surface area contributed by atoms with Crippen LogP contribution < -0.4 is 10.5 Å². The Morgan fingerprint density at radius 3 is 2.61 bits per heavy atom. The summed E-state index contributed by atoms with van der Waals surface area (Å²) in [5, 5.41) is 0. The molecule has 0 aromatic heterocycles. The van der Waals surface area contributed by atoms with E-state index in [4.69, 9.17) is 10.5 Å². The van der Waals surface area contributed by atoms with Crippen molar-refractivity contribution in [2.45, 2.75) is 18.9 Å². The number of carbonyl (C=O) groups is 1. The number of nitrogens with zero attached hydrogens (tertiary/aromatic N) is 1. The van der Waals surface area contributed by atoms with E-state index in [9.17, 15) is 4.79 Å². The third-order valence-electron chi connectivity index (χ3n) is 4.14. The molecule has 0 saturated carbocycles. The summed E-state index contributed by atoms with van der Waals surface area (Å²) in [6, 6.07) is 18.2. The van der Waals surface area contributed by atoms with E-state index in [1.807, 2.05) is 42.5 Å². The molecule has 3 rings (SSSR count). The standard InChI is InChI=1S/C19H22N2O2/c20-17-10-11-21(13-17)19(22)14-23-18-9-5-4-8-16(18)12-15-6-2-1-3-7-15/h1-9,17H,10-14,20H2/t17-/m1/s1. The maximum atomic E-state index is 12.2. The molecule has 2 N–H and O–H groups in total. The SMILES string of the molecule is N[C@@H]1CCN(C(=O)COc2ccccc2Cc2ccccc2)C1. The number of benzene rings is 2. The molecule has 0 bridgehead atoms. The van der Waals surface area contributed by atoms with Crippen LogP contribution in [0, 0.1) is 0 Å². The van der Waals surface area contributed by atoms with Crippen molar-refractivity contribution in [2.75, 3.05) is 19.7 Å². The average molecular weight is 310 g/mol. The first-order chi connectivity index (χ1) is 11.2. The average Bonchev–Trinajstić information content (AvgIpc) is 3.01. The highest BCUT2D eigenvalue weighted by Gasteiger charge is 2.23. The van der Waals surface area contributed by atoms with E-state index in [1.165, 1.54) is 5.56 Å². The lowest BCUT2D eigenvalue weighted by Gasteiger charge is -2.17. The number of amides is 1. The Balaban J connectivity index is 1.63. The van der Waals surface area contributed by atoms with Crippen LogP contribution in [-0.4, -0.2) is 36.5 Å². The lowest BCUT2D eigenvalue weighted by molar-refractivity contribution is -0.132. The highest BCUT2D eigenvalue weighted by atomic mass is 16.5. The zero-order valence-electron chi connectivity index (χ0n) is 13.2. The normalized spacial score (nSPS) is 17.3. The number of carbonyl (C=O) groups excluding carboxylic acids is 1. The third kappa shape index (κ3) is 4.11. The first-order valence-corrected chi connectivity index (χ1v) is 8.00. The van der Waals surface area contributed by atoms with Gasteiger partial charge in [-0.25, -0.2) is 0 Å². The lowest BCUT2D eigenvalue weighted by atomic mass is 10.0. The fourth-order valence-corrected chi connectivity index (χ4v) is 2.85. The Labute approximate surface area is 136 Å². The van der Waals surface area contributed by atoms with E-state index < -0.39 is 0 Å². The molecule has 1 saturated heterocycles. The molecule has 23 heavy (non-hydrogen) atoms. The van der Waals surface area contributed by atoms with Crippen molar-refractivity contribution in [3.05, 3.63) is 65.7 Å². The van der Waals surface area contributed by atoms with Crippen LogP contribution in [0.1, 0.15) is 17.5 Å². The van der Waals surface area contributed by atoms with Crippen LogP contribution in [0.2, 0.25) is 0 Å². The molecule has 0 radical (unpaired) electrons. The first-order valence-electron chi connectivity index (χ1n) is 8.00. The smallest absolute Gasteiger partial charge is 0.260 e. The van der Waals surface area contributed by atoms with Gasteiger partial charge in [-0.05, 0) is 23.6 Å². The number of nitrogens with two attached hydrogens (primary N) is 1. The molecule has 1 heterocycles. The van der Waals surface area contributed by atoms with Gasteiger partial charge in [0.15, 0.2) is 6.61 Å². The van der Waals surface area contributed by atoms with E-state index in [1.54, 1.807) is 4.90 Å². The molecule has 1 aliphatic heterocycles. The second-order valence-electron chi connectivity index (χ2n) is 5.95. The summed E-state index contributed by atoms with van der Waals surface area (Å²) in [4.78, 5) is 14.0. The topological polar surface area (TPSA) is 55.6 Å². The highest BCUT2D eigenvalue weighted by Crippen LogP contribution is 2.21. The van der Waals surface area contributed by atoms with Crippen LogP contribution in [0.5, 0.6) is 5.75 Å². The molecule has 120 valence electrons. The summed E-state index contributed by atoms with van der Waals surface area (Å²) in [5.74, 6) is 0.778. The molecule has 0 aliphatic carbocycles. The van der Waals surface area contributed by atoms with Gasteiger partial charge >= 0.3 is 0 Å². The van der Waals surface area contributed by atoms with Crippen LogP contribution in [0.15, 0.2) is 54.6 Å². The summed E-state index contributed by atoms with van der Waals surface area (Å²) in [6.07, 6.45) is 1.66. The van der Waals surface area contributed by atoms with Crippen LogP contribution in [0.4, 0.5) is 0 Å². The summed E-state index contributed by atoms with van der Waals surface area (Å²) in [7, 11) is 0. The zero-order valence-corrected chi connectivity index (χ0v) is 13.2. The molecule has 1 atom stereocenters. The summed E-state index contributed by atoms with van der Waals surface area (Å²) in [6.45, 7) is 1.43. The fourth-order valence-electron chi connectivity index (χ4n) is 2.85. The number of para-hydroxylation sites is 1. The van der Waals surface area contributed by atoms with E-state index in [-0.39, 0.29) is 18.6 Å². The van der Waals surface area contributed by atoms with Gasteiger partial charge in [-0.1, -0.05) is 48.5 Å². The van der Waals surface area contributed by atoms with Crippen LogP contribution in [-0.2, 0) is 11.2 Å². The zero-order chi connectivity index (χ0) is 16.1. The maximum absolute atomic E-state index is 12.2. The molecule has 4 heteroatoms. The summed E-state index contributed by atoms with van der Waals surface area (Å²) >= 11 is 0. The van der Waals surface area contributed by atoms with Crippen LogP contribution in [0.3, 0.4) is 0 Å². The van der Waals surface area contributed by atoms with Crippen molar-refractivity contribution < 1.29 is 9.53 Å². The van der Waals surface area contributed by atoms with Gasteiger partial charge in [0, 0.05) is 25.6 Å². The molecular formula is C19H22N2O2. The monoisotopic (exact) mass is 310 g/mol. The van der Waals surface area contributed by atoms with E-state index in [2.05, 4.69) is 12.1 Å². The fraction of sp³-hybridized carbons (Fsp3) is 0.316. The predicted molar refractivity (Wildman–Crippen MR) is 90.4 cm³/mol. The van der Waals surface area contributed by atoms with Gasteiger partial charge < -0.3 is 15.4 Å². The second kappa shape index (κ2) is 7.29. The Morgan fingerprint density at radius 1 is 1.13 bits per heavy atom. The van der Waals surface area contributed by atoms with Crippen molar-refractivity contribution in [2.24, 2.45) is 5.73 Å². The number of rotatable bonds is 5. The van der Waals surface area contributed by atoms with Gasteiger partial charge in [0.2, 0.25) is 0 Å². The number of hydrogen-bond acceptors (Lipinski definition) is 3. The van der Waals surface area contributed by atoms with Crippen molar-refractivity contribution in [3.8, 4) is 5.75 Å². The van der Waals surface area contributed by atoms with Crippen LogP contribution in [0.25, 0.3) is 0 Å². The molecule has 2 aromatic rings. The maximum Gasteiger partial charge on any atom is 0.260 e. The van der Waals surface area contributed by atoms with E-state index >= 15 is 0 Å². The molecule has 2 aromatic carbocycles. The summed E-state index contributed by atoms with van der Waals surface area (Å²) in [5.41, 5.74) is 8.16. The first kappa shape index (κ1) is 15.6. The van der Waals surface area contributed by atoms with Crippen molar-refractivity contribution in [1.29, 1.82) is 0 Å². The minimum Gasteiger partial charge on any atom is -0.483 e. The van der Waals surface area contributed by atoms with E-state index in [0.29, 0.717) is 6.54 Å². The minimum absolute atomic E-state index is 0.00691. The van der Waals surface area contributed by atoms with Gasteiger partial charge in [0.1, 0.15) is 5.75 Å². The highest BCUT2D eigenvalue weighted by molar-refractivity contribution is 5.78. The second-order valence-corrected chi connectivity index (χ2v) is 5.95. The molecule has 1 amide bonds. The van der Waals surface area contributed by atoms with Gasteiger partial charge in [0.25, 0.3) is 5.91 Å². The minimum atomic E-state index is 0.00691. The number of likely N-dealkylation sites (tertiary alicyclic amines) is 1. The third-order valence-corrected chi connectivity index (χ3v) is 4.14. The predicted octanol–water partition coefficient (Wildman–Crippen LogP) is 2.22. The summed E-state index contributed by atoms with van der Waals surface area (Å²) < 4.78 is 5.79. The quantitative estimate of drug-likeness (QED) is 0.921. The number of ether oxygens (including phenoxy) is 1. The van der Waals surface area contributed by atoms with Gasteiger partial charge in [-0.2, -0.15) is 0 Å². The van der Waals surface area contributed by atoms with Gasteiger partial charge in [-0.3, -0.25) is 4.79 Å². The lowest BCUT2D eigenvalue weighted by Crippen LogP contribution is -2.35. The van der Waals surface area contributed by atoms with Gasteiger partial charge in [0.05, 0.1) is 0 Å². The van der Waals surface area contributed by atoms with Crippen molar-refractivity contribution >= 4 is 5.91 Å². The van der Waals surface area contributed by atoms with Gasteiger partial charge in [-0.15, -0.1) is 0 Å². The Bertz CT molecular complexity index is 657. The molecule has 1 fully saturated rings. The molecule has 1 aliphatic rings. The van der Waals surface area contributed by atoms with Crippen LogP contribution >= 0.6 is 0 Å². The van der Waals surface area contributed by atoms with E-state index in [0.717, 1.165) is 30.7 Å². The van der Waals surface area contributed by atoms with Crippen molar-refractivity contribution in [3.63, 3.8) is 0 Å². The molecular weight excluding hydrogens is 288 g/mol.